The van der Waals surface area contributed by atoms with Gasteiger partial charge in [-0.2, -0.15) is 0 Å². The van der Waals surface area contributed by atoms with Gasteiger partial charge in [0.2, 0.25) is 0 Å². The number of alkyl halides is 1. The van der Waals surface area contributed by atoms with Crippen LogP contribution in [0, 0.1) is 5.82 Å². The highest BCUT2D eigenvalue weighted by Crippen LogP contribution is 2.28. The molecule has 0 spiro atoms. The molecule has 1 aromatic heterocycles. The molecule has 0 atom stereocenters. The zero-order valence-corrected chi connectivity index (χ0v) is 17.0. The van der Waals surface area contributed by atoms with Gasteiger partial charge >= 0.3 is 0 Å². The van der Waals surface area contributed by atoms with Gasteiger partial charge in [0.05, 0.1) is 0 Å². The van der Waals surface area contributed by atoms with E-state index in [4.69, 9.17) is 0 Å². The topological polar surface area (TPSA) is 37.3 Å². The number of carbonyl (C=O) groups is 1. The van der Waals surface area contributed by atoms with Gasteiger partial charge in [-0.1, -0.05) is 24.3 Å². The average molecular weight is 411 g/mol. The summed E-state index contributed by atoms with van der Waals surface area (Å²) in [5, 5.41) is 3.77. The zero-order valence-electron chi connectivity index (χ0n) is 17.0. The number of amides is 1. The number of hydrogen-bond donors (Lipinski definition) is 1. The second-order valence-electron chi connectivity index (χ2n) is 7.98. The van der Waals surface area contributed by atoms with Crippen molar-refractivity contribution >= 4 is 16.8 Å². The van der Waals surface area contributed by atoms with Crippen LogP contribution in [0.15, 0.2) is 54.7 Å². The highest BCUT2D eigenvalue weighted by molar-refractivity contribution is 5.81. The fourth-order valence-electron chi connectivity index (χ4n) is 4.23. The van der Waals surface area contributed by atoms with Gasteiger partial charge in [-0.3, -0.25) is 4.79 Å². The third-order valence-corrected chi connectivity index (χ3v) is 5.98. The molecule has 0 aliphatic carbocycles. The molecule has 30 heavy (non-hydrogen) atoms. The lowest BCUT2D eigenvalue weighted by molar-refractivity contribution is -0.122. The van der Waals surface area contributed by atoms with E-state index in [1.54, 1.807) is 0 Å². The number of piperidine rings is 1. The number of halogens is 2. The molecule has 1 aliphatic rings. The van der Waals surface area contributed by atoms with Gasteiger partial charge in [-0.25, -0.2) is 8.78 Å². The van der Waals surface area contributed by atoms with Gasteiger partial charge < -0.3 is 14.8 Å². The molecule has 0 bridgehead atoms. The first-order valence-electron chi connectivity index (χ1n) is 10.5. The molecule has 0 saturated carbocycles. The maximum absolute atomic E-state index is 13.0. The largest absolute Gasteiger partial charge is 0.350 e. The molecule has 6 heteroatoms. The standard InChI is InChI=1S/C24H27F2N3O/c25-16-24(30)27-17-19-1-4-20-8-14-29(23(20)15-19)22-9-12-28(13-10-22)11-7-18-2-5-21(26)6-3-18/h1-6,8,14-15,22H,7,9-13,16-17H2,(H,27,30). The maximum Gasteiger partial charge on any atom is 0.251 e. The Morgan fingerprint density at radius 3 is 2.50 bits per heavy atom. The Hall–Kier alpha value is -2.73. The van der Waals surface area contributed by atoms with E-state index in [1.807, 2.05) is 18.2 Å². The normalized spacial score (nSPS) is 15.5. The first kappa shape index (κ1) is 20.5. The first-order chi connectivity index (χ1) is 14.6. The van der Waals surface area contributed by atoms with E-state index in [-0.39, 0.29) is 5.82 Å². The van der Waals surface area contributed by atoms with Crippen LogP contribution in [0.25, 0.3) is 10.9 Å². The molecule has 1 fully saturated rings. The first-order valence-corrected chi connectivity index (χ1v) is 10.5. The number of nitrogens with one attached hydrogen (secondary N) is 1. The molecular formula is C24H27F2N3O. The summed E-state index contributed by atoms with van der Waals surface area (Å²) in [7, 11) is 0. The predicted molar refractivity (Wildman–Crippen MR) is 115 cm³/mol. The van der Waals surface area contributed by atoms with E-state index >= 15 is 0 Å². The minimum atomic E-state index is -0.988. The monoisotopic (exact) mass is 411 g/mol. The van der Waals surface area contributed by atoms with Gasteiger partial charge in [0.1, 0.15) is 5.82 Å². The van der Waals surface area contributed by atoms with Crippen LogP contribution in [-0.4, -0.2) is 41.7 Å². The summed E-state index contributed by atoms with van der Waals surface area (Å²) >= 11 is 0. The molecule has 1 N–H and O–H groups in total. The highest BCUT2D eigenvalue weighted by atomic mass is 19.1. The number of rotatable bonds is 7. The third kappa shape index (κ3) is 4.87. The summed E-state index contributed by atoms with van der Waals surface area (Å²) in [4.78, 5) is 13.7. The minimum Gasteiger partial charge on any atom is -0.350 e. The summed E-state index contributed by atoms with van der Waals surface area (Å²) in [6.07, 6.45) is 5.24. The molecular weight excluding hydrogens is 384 g/mol. The smallest absolute Gasteiger partial charge is 0.251 e. The molecule has 4 nitrogen and oxygen atoms in total. The van der Waals surface area contributed by atoms with Gasteiger partial charge in [0, 0.05) is 43.9 Å². The van der Waals surface area contributed by atoms with Crippen LogP contribution in [0.3, 0.4) is 0 Å². The maximum atomic E-state index is 13.0. The third-order valence-electron chi connectivity index (χ3n) is 5.98. The van der Waals surface area contributed by atoms with Crippen LogP contribution in [0.5, 0.6) is 0 Å². The Morgan fingerprint density at radius 2 is 1.77 bits per heavy atom. The van der Waals surface area contributed by atoms with E-state index in [9.17, 15) is 13.6 Å². The van der Waals surface area contributed by atoms with E-state index in [0.717, 1.165) is 50.0 Å². The molecule has 1 saturated heterocycles. The van der Waals surface area contributed by atoms with Crippen molar-refractivity contribution in [3.63, 3.8) is 0 Å². The zero-order chi connectivity index (χ0) is 20.9. The van der Waals surface area contributed by atoms with Crippen LogP contribution in [-0.2, 0) is 17.8 Å². The van der Waals surface area contributed by atoms with Crippen molar-refractivity contribution in [3.8, 4) is 0 Å². The number of likely N-dealkylation sites (tertiary alicyclic amines) is 1. The SMILES string of the molecule is O=C(CF)NCc1ccc2ccn(C3CCN(CCc4ccc(F)cc4)CC3)c2c1. The van der Waals surface area contributed by atoms with Gasteiger partial charge in [-0.15, -0.1) is 0 Å². The number of hydrogen-bond acceptors (Lipinski definition) is 2. The van der Waals surface area contributed by atoms with E-state index in [0.29, 0.717) is 12.6 Å². The Morgan fingerprint density at radius 1 is 1.03 bits per heavy atom. The summed E-state index contributed by atoms with van der Waals surface area (Å²) in [5.41, 5.74) is 3.30. The molecule has 158 valence electrons. The van der Waals surface area contributed by atoms with Crippen molar-refractivity contribution < 1.29 is 13.6 Å². The van der Waals surface area contributed by atoms with Crippen molar-refractivity contribution in [2.75, 3.05) is 26.3 Å². The summed E-state index contributed by atoms with van der Waals surface area (Å²) in [5.74, 6) is -0.773. The molecule has 0 unspecified atom stereocenters. The molecule has 0 radical (unpaired) electrons. The van der Waals surface area contributed by atoms with Gasteiger partial charge in [-0.05, 0) is 60.0 Å². The Kier molecular flexibility index (Phi) is 6.43. The molecule has 2 aromatic carbocycles. The average Bonchev–Trinajstić information content (AvgIpc) is 3.20. The lowest BCUT2D eigenvalue weighted by Gasteiger charge is -2.33. The number of benzene rings is 2. The predicted octanol–water partition coefficient (Wildman–Crippen LogP) is 4.25. The summed E-state index contributed by atoms with van der Waals surface area (Å²) < 4.78 is 27.7. The van der Waals surface area contributed by atoms with E-state index in [1.165, 1.54) is 23.1 Å². The quantitative estimate of drug-likeness (QED) is 0.631. The van der Waals surface area contributed by atoms with Gasteiger partial charge in [0.15, 0.2) is 6.67 Å². The molecule has 4 rings (SSSR count). The van der Waals surface area contributed by atoms with Crippen LogP contribution in [0.2, 0.25) is 0 Å². The number of fused-ring (bicyclic) bond motifs is 1. The second-order valence-corrected chi connectivity index (χ2v) is 7.98. The fourth-order valence-corrected chi connectivity index (χ4v) is 4.23. The molecule has 1 aliphatic heterocycles. The van der Waals surface area contributed by atoms with Crippen LogP contribution in [0.4, 0.5) is 8.78 Å². The van der Waals surface area contributed by atoms with E-state index in [2.05, 4.69) is 39.2 Å². The Balaban J connectivity index is 1.35. The molecule has 1 amide bonds. The Bertz CT molecular complexity index is 991. The second kappa shape index (κ2) is 9.39. The number of aromatic nitrogens is 1. The van der Waals surface area contributed by atoms with Crippen LogP contribution < -0.4 is 5.32 Å². The van der Waals surface area contributed by atoms with Crippen molar-refractivity contribution in [2.24, 2.45) is 0 Å². The molecule has 2 heterocycles. The van der Waals surface area contributed by atoms with Crippen molar-refractivity contribution in [1.82, 2.24) is 14.8 Å². The van der Waals surface area contributed by atoms with Crippen LogP contribution in [0.1, 0.15) is 30.0 Å². The van der Waals surface area contributed by atoms with Crippen molar-refractivity contribution in [1.29, 1.82) is 0 Å². The van der Waals surface area contributed by atoms with Crippen molar-refractivity contribution in [2.45, 2.75) is 31.8 Å². The van der Waals surface area contributed by atoms with Crippen LogP contribution >= 0.6 is 0 Å². The fraction of sp³-hybridized carbons (Fsp3) is 0.375. The van der Waals surface area contributed by atoms with Gasteiger partial charge in [0.25, 0.3) is 5.91 Å². The summed E-state index contributed by atoms with van der Waals surface area (Å²) in [6, 6.07) is 15.5. The lowest BCUT2D eigenvalue weighted by Crippen LogP contribution is -2.35. The highest BCUT2D eigenvalue weighted by Gasteiger charge is 2.21. The Labute approximate surface area is 175 Å². The molecule has 3 aromatic rings. The summed E-state index contributed by atoms with van der Waals surface area (Å²) in [6.45, 7) is 2.42. The minimum absolute atomic E-state index is 0.188. The number of carbonyl (C=O) groups excluding carboxylic acids is 1. The van der Waals surface area contributed by atoms with Crippen molar-refractivity contribution in [3.05, 3.63) is 71.7 Å². The van der Waals surface area contributed by atoms with E-state index < -0.39 is 12.6 Å². The number of nitrogens with zero attached hydrogens (tertiary/aromatic N) is 2. The lowest BCUT2D eigenvalue weighted by atomic mass is 10.0.